The van der Waals surface area contributed by atoms with Gasteiger partial charge in [0.2, 0.25) is 0 Å². The van der Waals surface area contributed by atoms with Crippen molar-refractivity contribution in [3.8, 4) is 0 Å². The monoisotopic (exact) mass is 280 g/mol. The zero-order valence-electron chi connectivity index (χ0n) is 10.6. The van der Waals surface area contributed by atoms with Crippen molar-refractivity contribution in [1.29, 1.82) is 0 Å². The minimum atomic E-state index is 0.377. The van der Waals surface area contributed by atoms with Crippen molar-refractivity contribution in [3.05, 3.63) is 51.2 Å². The summed E-state index contributed by atoms with van der Waals surface area (Å²) in [6.45, 7) is 3.00. The third kappa shape index (κ3) is 3.05. The average Bonchev–Trinajstić information content (AvgIpc) is 2.86. The van der Waals surface area contributed by atoms with Gasteiger partial charge in [-0.3, -0.25) is 4.90 Å². The highest BCUT2D eigenvalue weighted by Crippen LogP contribution is 2.27. The molecule has 0 aliphatic carbocycles. The fourth-order valence-electron chi connectivity index (χ4n) is 1.87. The molecule has 0 fully saturated rings. The normalized spacial score (nSPS) is 12.9. The summed E-state index contributed by atoms with van der Waals surface area (Å²) in [5, 5.41) is 2.88. The first-order valence-electron chi connectivity index (χ1n) is 5.85. The molecule has 0 spiro atoms. The molecule has 0 aliphatic rings. The van der Waals surface area contributed by atoms with Crippen LogP contribution in [-0.4, -0.2) is 11.9 Å². The van der Waals surface area contributed by atoms with Gasteiger partial charge in [0.25, 0.3) is 0 Å². The maximum Gasteiger partial charge on any atom is 0.0452 e. The van der Waals surface area contributed by atoms with Gasteiger partial charge in [-0.1, -0.05) is 17.7 Å². The number of hydrogen-bond donors (Lipinski definition) is 1. The van der Waals surface area contributed by atoms with Gasteiger partial charge >= 0.3 is 0 Å². The highest BCUT2D eigenvalue weighted by Gasteiger charge is 2.14. The molecule has 1 atom stereocenters. The number of anilines is 1. The van der Waals surface area contributed by atoms with Gasteiger partial charge in [-0.05, 0) is 49.2 Å². The molecule has 0 amide bonds. The van der Waals surface area contributed by atoms with Gasteiger partial charge in [-0.2, -0.15) is 0 Å². The van der Waals surface area contributed by atoms with Crippen molar-refractivity contribution in [2.75, 3.05) is 12.8 Å². The Morgan fingerprint density at radius 3 is 2.83 bits per heavy atom. The first kappa shape index (κ1) is 13.4. The Labute approximate surface area is 117 Å². The van der Waals surface area contributed by atoms with Gasteiger partial charge in [0.1, 0.15) is 0 Å². The molecule has 2 N–H and O–H groups in total. The number of nitrogens with two attached hydrogens (primary N) is 1. The summed E-state index contributed by atoms with van der Waals surface area (Å²) in [7, 11) is 2.10. The van der Waals surface area contributed by atoms with E-state index in [1.165, 1.54) is 4.88 Å². The molecule has 1 aromatic carbocycles. The van der Waals surface area contributed by atoms with Crippen molar-refractivity contribution in [1.82, 2.24) is 4.90 Å². The van der Waals surface area contributed by atoms with Crippen LogP contribution in [-0.2, 0) is 6.54 Å². The van der Waals surface area contributed by atoms with Crippen molar-refractivity contribution >= 4 is 28.6 Å². The van der Waals surface area contributed by atoms with E-state index in [9.17, 15) is 0 Å². The maximum atomic E-state index is 6.19. The summed E-state index contributed by atoms with van der Waals surface area (Å²) in [5.74, 6) is 0. The number of rotatable bonds is 4. The molecule has 1 aromatic heterocycles. The van der Waals surface area contributed by atoms with E-state index in [0.717, 1.165) is 22.8 Å². The minimum Gasteiger partial charge on any atom is -0.399 e. The Balaban J connectivity index is 2.11. The van der Waals surface area contributed by atoms with E-state index < -0.39 is 0 Å². The van der Waals surface area contributed by atoms with Crippen LogP contribution in [0.1, 0.15) is 23.4 Å². The second kappa shape index (κ2) is 5.74. The Kier molecular flexibility index (Phi) is 4.27. The summed E-state index contributed by atoms with van der Waals surface area (Å²) in [5.41, 5.74) is 7.63. The number of nitrogen functional groups attached to an aromatic ring is 1. The molecule has 18 heavy (non-hydrogen) atoms. The molecular weight excluding hydrogens is 264 g/mol. The predicted molar refractivity (Wildman–Crippen MR) is 80.1 cm³/mol. The summed E-state index contributed by atoms with van der Waals surface area (Å²) in [6, 6.07) is 10.2. The molecule has 0 saturated carbocycles. The zero-order valence-corrected chi connectivity index (χ0v) is 12.1. The first-order valence-corrected chi connectivity index (χ1v) is 7.11. The molecule has 0 saturated heterocycles. The topological polar surface area (TPSA) is 29.3 Å². The fraction of sp³-hybridized carbons (Fsp3) is 0.286. The third-order valence-electron chi connectivity index (χ3n) is 3.11. The second-order valence-electron chi connectivity index (χ2n) is 4.46. The zero-order chi connectivity index (χ0) is 13.1. The smallest absolute Gasteiger partial charge is 0.0452 e. The first-order chi connectivity index (χ1) is 8.58. The molecule has 2 rings (SSSR count). The Hall–Kier alpha value is -1.03. The number of nitrogens with zero attached hydrogens (tertiary/aromatic N) is 1. The van der Waals surface area contributed by atoms with Crippen LogP contribution in [0.15, 0.2) is 35.7 Å². The van der Waals surface area contributed by atoms with E-state index >= 15 is 0 Å². The Morgan fingerprint density at radius 2 is 2.17 bits per heavy atom. The molecule has 0 aliphatic heterocycles. The standard InChI is InChI=1S/C14H17ClN2S/c1-10(14-4-3-7-18-14)17(2)9-11-8-12(16)5-6-13(11)15/h3-8,10H,9,16H2,1-2H3. The number of halogens is 1. The third-order valence-corrected chi connectivity index (χ3v) is 4.52. The lowest BCUT2D eigenvalue weighted by atomic mass is 10.1. The van der Waals surface area contributed by atoms with Crippen LogP contribution in [0.5, 0.6) is 0 Å². The van der Waals surface area contributed by atoms with Gasteiger partial charge in [0.15, 0.2) is 0 Å². The highest BCUT2D eigenvalue weighted by atomic mass is 35.5. The summed E-state index contributed by atoms with van der Waals surface area (Å²) in [4.78, 5) is 3.63. The molecule has 1 unspecified atom stereocenters. The molecule has 0 radical (unpaired) electrons. The van der Waals surface area contributed by atoms with Crippen LogP contribution >= 0.6 is 22.9 Å². The minimum absolute atomic E-state index is 0.377. The van der Waals surface area contributed by atoms with Gasteiger partial charge in [-0.25, -0.2) is 0 Å². The number of hydrogen-bond acceptors (Lipinski definition) is 3. The summed E-state index contributed by atoms with van der Waals surface area (Å²) >= 11 is 7.97. The molecule has 4 heteroatoms. The molecule has 2 nitrogen and oxygen atoms in total. The molecule has 1 heterocycles. The van der Waals surface area contributed by atoms with Crippen LogP contribution in [0.2, 0.25) is 5.02 Å². The van der Waals surface area contributed by atoms with Crippen LogP contribution in [0.3, 0.4) is 0 Å². The van der Waals surface area contributed by atoms with E-state index in [2.05, 4.69) is 36.4 Å². The van der Waals surface area contributed by atoms with Crippen molar-refractivity contribution < 1.29 is 0 Å². The molecule has 2 aromatic rings. The fourth-order valence-corrected chi connectivity index (χ4v) is 2.89. The van der Waals surface area contributed by atoms with Crippen molar-refractivity contribution in [3.63, 3.8) is 0 Å². The molecule has 0 bridgehead atoms. The molecule has 96 valence electrons. The van der Waals surface area contributed by atoms with E-state index in [1.807, 2.05) is 18.2 Å². The van der Waals surface area contributed by atoms with Crippen molar-refractivity contribution in [2.24, 2.45) is 0 Å². The lowest BCUT2D eigenvalue weighted by Gasteiger charge is -2.24. The van der Waals surface area contributed by atoms with E-state index in [1.54, 1.807) is 11.3 Å². The maximum absolute atomic E-state index is 6.19. The quantitative estimate of drug-likeness (QED) is 0.852. The Bertz CT molecular complexity index is 511. The largest absolute Gasteiger partial charge is 0.399 e. The number of benzene rings is 1. The van der Waals surface area contributed by atoms with Gasteiger partial charge in [0.05, 0.1) is 0 Å². The van der Waals surface area contributed by atoms with Gasteiger partial charge < -0.3 is 5.73 Å². The van der Waals surface area contributed by atoms with Gasteiger partial charge in [0, 0.05) is 28.2 Å². The van der Waals surface area contributed by atoms with Crippen LogP contribution in [0.4, 0.5) is 5.69 Å². The van der Waals surface area contributed by atoms with Crippen LogP contribution < -0.4 is 5.73 Å². The summed E-state index contributed by atoms with van der Waals surface area (Å²) < 4.78 is 0. The van der Waals surface area contributed by atoms with Crippen LogP contribution in [0.25, 0.3) is 0 Å². The van der Waals surface area contributed by atoms with Crippen molar-refractivity contribution in [2.45, 2.75) is 19.5 Å². The predicted octanol–water partition coefficient (Wildman–Crippen LogP) is 4.18. The average molecular weight is 281 g/mol. The van der Waals surface area contributed by atoms with Crippen LogP contribution in [0, 0.1) is 0 Å². The lowest BCUT2D eigenvalue weighted by Crippen LogP contribution is -2.21. The number of thiophene rings is 1. The lowest BCUT2D eigenvalue weighted by molar-refractivity contribution is 0.256. The van der Waals surface area contributed by atoms with E-state index in [4.69, 9.17) is 17.3 Å². The van der Waals surface area contributed by atoms with E-state index in [0.29, 0.717) is 6.04 Å². The van der Waals surface area contributed by atoms with Gasteiger partial charge in [-0.15, -0.1) is 11.3 Å². The SMILES string of the molecule is CC(c1cccs1)N(C)Cc1cc(N)ccc1Cl. The second-order valence-corrected chi connectivity index (χ2v) is 5.84. The summed E-state index contributed by atoms with van der Waals surface area (Å²) in [6.07, 6.45) is 0. The highest BCUT2D eigenvalue weighted by molar-refractivity contribution is 7.10. The Morgan fingerprint density at radius 1 is 1.39 bits per heavy atom. The molecular formula is C14H17ClN2S. The van der Waals surface area contributed by atoms with E-state index in [-0.39, 0.29) is 0 Å².